The lowest BCUT2D eigenvalue weighted by Gasteiger charge is -2.22. The van der Waals surface area contributed by atoms with Crippen molar-refractivity contribution >= 4 is 199 Å². The van der Waals surface area contributed by atoms with Crippen LogP contribution < -0.4 is 54.6 Å². The van der Waals surface area contributed by atoms with E-state index in [2.05, 4.69) is 41.0 Å². The predicted molar refractivity (Wildman–Crippen MR) is 259 cm³/mol. The van der Waals surface area contributed by atoms with Crippen molar-refractivity contribution in [3.05, 3.63) is 97.1 Å². The molecule has 61 heavy (non-hydrogen) atoms. The number of hydrogen-bond donors (Lipinski definition) is 0. The Balaban J connectivity index is 1.16. The zero-order chi connectivity index (χ0) is 42.2. The largest absolute Gasteiger partial charge is 0.456 e. The third kappa shape index (κ3) is 5.33. The zero-order valence-corrected chi connectivity index (χ0v) is 32.1. The lowest BCUT2D eigenvalue weighted by atomic mass is 9.60. The molecule has 0 unspecified atom stereocenters. The molecule has 0 amide bonds. The van der Waals surface area contributed by atoms with Gasteiger partial charge in [0, 0.05) is 43.6 Å². The molecule has 0 spiro atoms. The van der Waals surface area contributed by atoms with E-state index in [1.54, 1.807) is 0 Å². The van der Waals surface area contributed by atoms with Crippen LogP contribution in [0.4, 0.5) is 0 Å². The van der Waals surface area contributed by atoms with Gasteiger partial charge in [0.1, 0.15) is 95.2 Å². The zero-order valence-electron chi connectivity index (χ0n) is 32.1. The fourth-order valence-corrected chi connectivity index (χ4v) is 8.52. The summed E-state index contributed by atoms with van der Waals surface area (Å²) in [5.41, 5.74) is 6.59. The summed E-state index contributed by atoms with van der Waals surface area (Å²) in [6.07, 6.45) is 0. The van der Waals surface area contributed by atoms with E-state index in [4.69, 9.17) is 102 Å². The number of benzene rings is 7. The highest BCUT2D eigenvalue weighted by Crippen LogP contribution is 2.43. The summed E-state index contributed by atoms with van der Waals surface area (Å²) in [5, 5.41) is 5.95. The van der Waals surface area contributed by atoms with E-state index in [9.17, 15) is 0 Å². The number of furan rings is 2. The van der Waals surface area contributed by atoms with E-state index in [0.717, 1.165) is 60.2 Å². The van der Waals surface area contributed by atoms with Gasteiger partial charge in [-0.3, -0.25) is 0 Å². The molecule has 0 bridgehead atoms. The van der Waals surface area contributed by atoms with Crippen molar-refractivity contribution in [3.63, 3.8) is 0 Å². The number of nitrogens with zero attached hydrogens (tertiary/aromatic N) is 4. The first-order chi connectivity index (χ1) is 29.4. The third-order valence-electron chi connectivity index (χ3n) is 11.6. The second-order valence-corrected chi connectivity index (χ2v) is 14.9. The van der Waals surface area contributed by atoms with Crippen LogP contribution in [0.1, 0.15) is 0 Å². The summed E-state index contributed by atoms with van der Waals surface area (Å²) in [6, 6.07) is 32.3. The van der Waals surface area contributed by atoms with Crippen molar-refractivity contribution < 1.29 is 8.83 Å². The number of fused-ring (bicyclic) bond motifs is 10. The molecule has 11 rings (SSSR count). The SMILES string of the molecule is [B]c1c([B])c([B])c(-c2nc(-c3ccc4c(c3)oc3cccc(-n5c6ccccc6c6ccc7c8ccccc8oc7c65)c34)nc(-c3c([B])c([B])c([B])c([B])c3[B])n2)c([B])c1[B]. The van der Waals surface area contributed by atoms with Crippen molar-refractivity contribution in [2.45, 2.75) is 0 Å². The lowest BCUT2D eigenvalue weighted by Crippen LogP contribution is -2.55. The smallest absolute Gasteiger partial charge is 0.164 e. The first kappa shape index (κ1) is 37.6. The molecule has 0 aliphatic heterocycles. The average molecular weight is 753 g/mol. The normalized spacial score (nSPS) is 11.9. The van der Waals surface area contributed by atoms with Crippen LogP contribution in [0.15, 0.2) is 106 Å². The number of para-hydroxylation sites is 2. The molecule has 0 saturated carbocycles. The quantitative estimate of drug-likeness (QED) is 0.232. The van der Waals surface area contributed by atoms with Gasteiger partial charge in [-0.25, -0.2) is 15.0 Å². The number of rotatable bonds is 4. The summed E-state index contributed by atoms with van der Waals surface area (Å²) >= 11 is 0. The maximum absolute atomic E-state index is 6.63. The fourth-order valence-electron chi connectivity index (χ4n) is 8.52. The van der Waals surface area contributed by atoms with Gasteiger partial charge in [-0.15, -0.1) is 32.8 Å². The Hall–Kier alpha value is -6.40. The number of aromatic nitrogens is 4. The van der Waals surface area contributed by atoms with Crippen LogP contribution in [0.3, 0.4) is 0 Å². The molecule has 0 saturated heterocycles. The van der Waals surface area contributed by atoms with Gasteiger partial charge in [0.05, 0.1) is 22.1 Å². The van der Waals surface area contributed by atoms with Crippen LogP contribution in [-0.2, 0) is 0 Å². The van der Waals surface area contributed by atoms with E-state index >= 15 is 0 Å². The van der Waals surface area contributed by atoms with Crippen LogP contribution in [0.5, 0.6) is 0 Å². The Labute approximate surface area is 362 Å². The second-order valence-electron chi connectivity index (χ2n) is 14.9. The molecule has 0 aliphatic carbocycles. The molecule has 0 aliphatic rings. The molecule has 7 aromatic carbocycles. The van der Waals surface area contributed by atoms with Gasteiger partial charge in [0.15, 0.2) is 23.1 Å². The second kappa shape index (κ2) is 13.6. The van der Waals surface area contributed by atoms with Crippen molar-refractivity contribution in [1.82, 2.24) is 19.5 Å². The highest BCUT2D eigenvalue weighted by molar-refractivity contribution is 6.70. The van der Waals surface area contributed by atoms with Crippen molar-refractivity contribution in [1.29, 1.82) is 0 Å². The van der Waals surface area contributed by atoms with E-state index in [0.29, 0.717) is 16.7 Å². The Morgan fingerprint density at radius 1 is 0.393 bits per heavy atom. The molecular weight excluding hydrogens is 737 g/mol. The summed E-state index contributed by atoms with van der Waals surface area (Å²) in [5.74, 6) is 0.158. The molecule has 11 aromatic rings. The highest BCUT2D eigenvalue weighted by atomic mass is 16.3. The Morgan fingerprint density at radius 3 is 1.57 bits per heavy atom. The van der Waals surface area contributed by atoms with E-state index in [1.807, 2.05) is 60.7 Å². The molecule has 20 radical (unpaired) electrons. The van der Waals surface area contributed by atoms with E-state index < -0.39 is 0 Å². The molecule has 16 heteroatoms. The van der Waals surface area contributed by atoms with Crippen molar-refractivity contribution in [3.8, 4) is 39.9 Å². The first-order valence-corrected chi connectivity index (χ1v) is 19.0. The summed E-state index contributed by atoms with van der Waals surface area (Å²) in [7, 11) is 63.4. The summed E-state index contributed by atoms with van der Waals surface area (Å²) in [4.78, 5) is 14.4. The van der Waals surface area contributed by atoms with Gasteiger partial charge in [0.25, 0.3) is 0 Å². The molecule has 0 atom stereocenters. The molecule has 0 N–H and O–H groups in total. The van der Waals surface area contributed by atoms with Gasteiger partial charge in [-0.2, -0.15) is 0 Å². The van der Waals surface area contributed by atoms with Crippen LogP contribution in [-0.4, -0.2) is 98.0 Å². The fraction of sp³-hybridized carbons (Fsp3) is 0. The maximum Gasteiger partial charge on any atom is 0.164 e. The van der Waals surface area contributed by atoms with E-state index in [-0.39, 0.29) is 83.2 Å². The minimum absolute atomic E-state index is 0.00331. The number of hydrogen-bond acceptors (Lipinski definition) is 5. The summed E-state index contributed by atoms with van der Waals surface area (Å²) in [6.45, 7) is 0. The lowest BCUT2D eigenvalue weighted by molar-refractivity contribution is 0.668. The predicted octanol–water partition coefficient (Wildman–Crippen LogP) is -0.293. The van der Waals surface area contributed by atoms with Crippen molar-refractivity contribution in [2.24, 2.45) is 0 Å². The molecule has 258 valence electrons. The van der Waals surface area contributed by atoms with Gasteiger partial charge >= 0.3 is 0 Å². The van der Waals surface area contributed by atoms with Gasteiger partial charge < -0.3 is 13.4 Å². The molecular formula is C45H16B10N4O2. The van der Waals surface area contributed by atoms with Crippen LogP contribution in [0.25, 0.3) is 106 Å². The Kier molecular flexibility index (Phi) is 8.35. The molecule has 6 nitrogen and oxygen atoms in total. The van der Waals surface area contributed by atoms with Crippen LogP contribution >= 0.6 is 0 Å². The summed E-state index contributed by atoms with van der Waals surface area (Å²) < 4.78 is 15.5. The molecule has 4 heterocycles. The monoisotopic (exact) mass is 754 g/mol. The first-order valence-electron chi connectivity index (χ1n) is 19.0. The minimum Gasteiger partial charge on any atom is -0.456 e. The Morgan fingerprint density at radius 2 is 0.918 bits per heavy atom. The molecule has 0 fully saturated rings. The average Bonchev–Trinajstić information content (AvgIpc) is 3.96. The highest BCUT2D eigenvalue weighted by Gasteiger charge is 2.24. The van der Waals surface area contributed by atoms with Crippen molar-refractivity contribution in [2.75, 3.05) is 0 Å². The minimum atomic E-state index is -0.00331. The topological polar surface area (TPSA) is 69.9 Å². The standard InChI is InChI=1S/C45H16B10N4O2/c46-31-29(32(47)36(51)39(54)35(31)50)44-56-43(57-45(58-44)30-33(48)37(52)40(55)38(53)34(30)49)17-12-13-22-27(16-17)60-26-11-5-9-24(28(22)26)59-23-8-3-1-6-18(23)20-14-15-21-19-7-2-4-10-25(19)61-42(21)41(20)59/h1-16H. The van der Waals surface area contributed by atoms with Gasteiger partial charge in [-0.05, 0) is 42.5 Å². The maximum atomic E-state index is 6.63. The van der Waals surface area contributed by atoms with Crippen LogP contribution in [0.2, 0.25) is 0 Å². The molecule has 4 aromatic heterocycles. The Bertz CT molecular complexity index is 3600. The van der Waals surface area contributed by atoms with Gasteiger partial charge in [0.2, 0.25) is 0 Å². The van der Waals surface area contributed by atoms with Crippen LogP contribution in [0, 0.1) is 0 Å². The van der Waals surface area contributed by atoms with Gasteiger partial charge in [-0.1, -0.05) is 76.4 Å². The third-order valence-corrected chi connectivity index (χ3v) is 11.6. The van der Waals surface area contributed by atoms with E-state index in [1.165, 1.54) is 0 Å².